The van der Waals surface area contributed by atoms with Gasteiger partial charge in [-0.05, 0) is 30.3 Å². The molecule has 0 atom stereocenters. The molecular formula is C20H18N6O. The van der Waals surface area contributed by atoms with Crippen LogP contribution in [0.15, 0.2) is 84.1 Å². The molecule has 0 saturated heterocycles. The van der Waals surface area contributed by atoms with Crippen LogP contribution in [0.3, 0.4) is 0 Å². The van der Waals surface area contributed by atoms with E-state index in [4.69, 9.17) is 10.5 Å². The summed E-state index contributed by atoms with van der Waals surface area (Å²) in [6.07, 6.45) is 3.44. The Bertz CT molecular complexity index is 1070. The number of hydrogen-bond donors (Lipinski definition) is 2. The minimum Gasteiger partial charge on any atom is -0.457 e. The summed E-state index contributed by atoms with van der Waals surface area (Å²) in [6.45, 7) is 0.389. The van der Waals surface area contributed by atoms with Gasteiger partial charge in [0.15, 0.2) is 11.6 Å². The summed E-state index contributed by atoms with van der Waals surface area (Å²) in [5.41, 5.74) is 8.50. The second kappa shape index (κ2) is 7.57. The molecule has 0 aliphatic carbocycles. The highest BCUT2D eigenvalue weighted by atomic mass is 16.5. The number of nitrogens with one attached hydrogen (secondary N) is 1. The van der Waals surface area contributed by atoms with E-state index in [9.17, 15) is 0 Å². The van der Waals surface area contributed by atoms with E-state index >= 15 is 0 Å². The van der Waals surface area contributed by atoms with Gasteiger partial charge in [0.1, 0.15) is 11.5 Å². The Labute approximate surface area is 156 Å². The molecule has 0 spiro atoms. The van der Waals surface area contributed by atoms with Crippen LogP contribution in [0.4, 0.5) is 5.69 Å². The van der Waals surface area contributed by atoms with Crippen LogP contribution in [0.2, 0.25) is 0 Å². The fourth-order valence-corrected chi connectivity index (χ4v) is 2.62. The summed E-state index contributed by atoms with van der Waals surface area (Å²) in [6, 6.07) is 20.9. The van der Waals surface area contributed by atoms with Crippen molar-refractivity contribution in [3.05, 3.63) is 84.8 Å². The van der Waals surface area contributed by atoms with Crippen molar-refractivity contribution in [2.75, 3.05) is 5.32 Å². The van der Waals surface area contributed by atoms with Crippen LogP contribution in [0, 0.1) is 0 Å². The number of para-hydroxylation sites is 1. The minimum absolute atomic E-state index is 0.309. The van der Waals surface area contributed by atoms with Crippen molar-refractivity contribution in [1.29, 1.82) is 0 Å². The van der Waals surface area contributed by atoms with Crippen LogP contribution in [0.5, 0.6) is 11.5 Å². The van der Waals surface area contributed by atoms with Gasteiger partial charge in [0.2, 0.25) is 0 Å². The van der Waals surface area contributed by atoms with Gasteiger partial charge < -0.3 is 15.8 Å². The van der Waals surface area contributed by atoms with Gasteiger partial charge in [-0.25, -0.2) is 14.5 Å². The van der Waals surface area contributed by atoms with Gasteiger partial charge in [0, 0.05) is 24.0 Å². The highest BCUT2D eigenvalue weighted by molar-refractivity contribution is 5.92. The molecule has 0 amide bonds. The number of aromatic nitrogens is 3. The van der Waals surface area contributed by atoms with Crippen LogP contribution in [0.25, 0.3) is 5.65 Å². The number of rotatable bonds is 5. The molecule has 0 aliphatic rings. The first kappa shape index (κ1) is 16.6. The number of aliphatic imine (C=N–C) groups is 1. The molecule has 0 aliphatic heterocycles. The van der Waals surface area contributed by atoms with Crippen LogP contribution in [0.1, 0.15) is 5.69 Å². The molecule has 7 nitrogen and oxygen atoms in total. The van der Waals surface area contributed by atoms with Crippen molar-refractivity contribution in [1.82, 2.24) is 14.6 Å². The Hall–Kier alpha value is -3.87. The SMILES string of the molecule is NC(=NCc1ccnc2ccnn12)Nc1cccc(Oc2ccccc2)c1. The van der Waals surface area contributed by atoms with E-state index in [1.54, 1.807) is 16.9 Å². The summed E-state index contributed by atoms with van der Waals surface area (Å²) in [7, 11) is 0. The number of anilines is 1. The van der Waals surface area contributed by atoms with Gasteiger partial charge in [-0.2, -0.15) is 5.10 Å². The van der Waals surface area contributed by atoms with Crippen molar-refractivity contribution < 1.29 is 4.74 Å². The lowest BCUT2D eigenvalue weighted by atomic mass is 10.3. The van der Waals surface area contributed by atoms with Crippen molar-refractivity contribution >= 4 is 17.3 Å². The first-order valence-electron chi connectivity index (χ1n) is 8.45. The van der Waals surface area contributed by atoms with E-state index in [1.807, 2.05) is 66.7 Å². The Morgan fingerprint density at radius 1 is 1.00 bits per heavy atom. The van der Waals surface area contributed by atoms with Crippen LogP contribution >= 0.6 is 0 Å². The first-order valence-corrected chi connectivity index (χ1v) is 8.45. The zero-order chi connectivity index (χ0) is 18.5. The molecule has 0 unspecified atom stereocenters. The number of nitrogens with zero attached hydrogens (tertiary/aromatic N) is 4. The molecule has 2 aromatic carbocycles. The number of fused-ring (bicyclic) bond motifs is 1. The maximum atomic E-state index is 6.03. The molecule has 0 fully saturated rings. The van der Waals surface area contributed by atoms with Gasteiger partial charge in [-0.15, -0.1) is 0 Å². The normalized spacial score (nSPS) is 11.5. The topological polar surface area (TPSA) is 89.8 Å². The van der Waals surface area contributed by atoms with E-state index < -0.39 is 0 Å². The van der Waals surface area contributed by atoms with Crippen molar-refractivity contribution in [3.8, 4) is 11.5 Å². The second-order valence-corrected chi connectivity index (χ2v) is 5.81. The Balaban J connectivity index is 1.44. The summed E-state index contributed by atoms with van der Waals surface area (Å²) in [5, 5.41) is 7.32. The Morgan fingerprint density at radius 2 is 1.85 bits per heavy atom. The van der Waals surface area contributed by atoms with Crippen LogP contribution in [-0.2, 0) is 6.54 Å². The molecule has 0 saturated carbocycles. The van der Waals surface area contributed by atoms with E-state index in [0.717, 1.165) is 22.8 Å². The third kappa shape index (κ3) is 4.04. The number of ether oxygens (including phenoxy) is 1. The minimum atomic E-state index is 0.309. The quantitative estimate of drug-likeness (QED) is 0.421. The molecule has 0 radical (unpaired) electrons. The van der Waals surface area contributed by atoms with Gasteiger partial charge in [-0.1, -0.05) is 24.3 Å². The standard InChI is InChI=1S/C20H18N6O/c21-20(23-14-16-9-11-22-19-10-12-24-26(16)19)25-15-5-4-8-18(13-15)27-17-6-2-1-3-7-17/h1-13H,14H2,(H3,21,23,25). The van der Waals surface area contributed by atoms with Gasteiger partial charge in [-0.3, -0.25) is 0 Å². The van der Waals surface area contributed by atoms with Crippen molar-refractivity contribution in [2.45, 2.75) is 6.54 Å². The predicted molar refractivity (Wildman–Crippen MR) is 105 cm³/mol. The fraction of sp³-hybridized carbons (Fsp3) is 0.0500. The lowest BCUT2D eigenvalue weighted by Crippen LogP contribution is -2.22. The summed E-state index contributed by atoms with van der Waals surface area (Å²) >= 11 is 0. The zero-order valence-corrected chi connectivity index (χ0v) is 14.5. The Morgan fingerprint density at radius 3 is 2.74 bits per heavy atom. The van der Waals surface area contributed by atoms with Gasteiger partial charge >= 0.3 is 0 Å². The summed E-state index contributed by atoms with van der Waals surface area (Å²) < 4.78 is 7.57. The lowest BCUT2D eigenvalue weighted by molar-refractivity contribution is 0.483. The molecule has 27 heavy (non-hydrogen) atoms. The molecule has 2 heterocycles. The average Bonchev–Trinajstić information content (AvgIpc) is 3.17. The predicted octanol–water partition coefficient (Wildman–Crippen LogP) is 3.45. The summed E-state index contributed by atoms with van der Waals surface area (Å²) in [5.74, 6) is 1.80. The molecular weight excluding hydrogens is 340 g/mol. The van der Waals surface area contributed by atoms with E-state index in [1.165, 1.54) is 0 Å². The lowest BCUT2D eigenvalue weighted by Gasteiger charge is -2.09. The highest BCUT2D eigenvalue weighted by Gasteiger charge is 2.03. The van der Waals surface area contributed by atoms with Crippen LogP contribution in [-0.4, -0.2) is 20.6 Å². The molecule has 3 N–H and O–H groups in total. The molecule has 4 aromatic rings. The molecule has 2 aromatic heterocycles. The molecule has 134 valence electrons. The fourth-order valence-electron chi connectivity index (χ4n) is 2.62. The van der Waals surface area contributed by atoms with E-state index in [-0.39, 0.29) is 0 Å². The average molecular weight is 358 g/mol. The first-order chi connectivity index (χ1) is 13.3. The third-order valence-corrected chi connectivity index (χ3v) is 3.87. The second-order valence-electron chi connectivity index (χ2n) is 5.81. The van der Waals surface area contributed by atoms with Crippen LogP contribution < -0.4 is 15.8 Å². The van der Waals surface area contributed by atoms with Crippen molar-refractivity contribution in [3.63, 3.8) is 0 Å². The number of guanidine groups is 1. The number of benzene rings is 2. The smallest absolute Gasteiger partial charge is 0.193 e. The maximum absolute atomic E-state index is 6.03. The molecule has 7 heteroatoms. The zero-order valence-electron chi connectivity index (χ0n) is 14.5. The largest absolute Gasteiger partial charge is 0.457 e. The van der Waals surface area contributed by atoms with E-state index in [2.05, 4.69) is 20.4 Å². The third-order valence-electron chi connectivity index (χ3n) is 3.87. The van der Waals surface area contributed by atoms with Gasteiger partial charge in [0.25, 0.3) is 0 Å². The number of hydrogen-bond acceptors (Lipinski definition) is 4. The highest BCUT2D eigenvalue weighted by Crippen LogP contribution is 2.23. The summed E-state index contributed by atoms with van der Waals surface area (Å²) in [4.78, 5) is 8.62. The van der Waals surface area contributed by atoms with Crippen molar-refractivity contribution in [2.24, 2.45) is 10.7 Å². The number of nitrogens with two attached hydrogens (primary N) is 1. The maximum Gasteiger partial charge on any atom is 0.193 e. The monoisotopic (exact) mass is 358 g/mol. The molecule has 4 rings (SSSR count). The Kier molecular flexibility index (Phi) is 4.65. The van der Waals surface area contributed by atoms with Gasteiger partial charge in [0.05, 0.1) is 18.4 Å². The molecule has 0 bridgehead atoms. The van der Waals surface area contributed by atoms with E-state index in [0.29, 0.717) is 18.3 Å².